The number of piperidine rings is 1. The number of unbranched alkanes of at least 4 members (excludes halogenated alkanes) is 1. The van der Waals surface area contributed by atoms with Crippen LogP contribution >= 0.6 is 0 Å². The van der Waals surface area contributed by atoms with Crippen molar-refractivity contribution in [2.45, 2.75) is 64.3 Å². The highest BCUT2D eigenvalue weighted by Crippen LogP contribution is 2.32. The van der Waals surface area contributed by atoms with Crippen molar-refractivity contribution in [3.8, 4) is 5.75 Å². The predicted molar refractivity (Wildman–Crippen MR) is 166 cm³/mol. The van der Waals surface area contributed by atoms with Crippen molar-refractivity contribution in [1.29, 1.82) is 0 Å². The molecule has 3 aromatic carbocycles. The van der Waals surface area contributed by atoms with Crippen LogP contribution in [0.15, 0.2) is 83.0 Å². The maximum atomic E-state index is 12.5. The number of carbonyl (C=O) groups excluding carboxylic acids is 1. The molecule has 0 aliphatic carbocycles. The molecule has 4 rings (SSSR count). The zero-order chi connectivity index (χ0) is 32.4. The number of amides is 1. The molecule has 0 bridgehead atoms. The first kappa shape index (κ1) is 33.6. The number of benzene rings is 3. The van der Waals surface area contributed by atoms with Crippen LogP contribution in [0, 0.1) is 16.0 Å². The Balaban J connectivity index is 1.30. The highest BCUT2D eigenvalue weighted by Gasteiger charge is 2.31. The Morgan fingerprint density at radius 3 is 2.36 bits per heavy atom. The molecular formula is C33H38F3N5O4. The Kier molecular flexibility index (Phi) is 11.6. The molecule has 45 heavy (non-hydrogen) atoms. The van der Waals surface area contributed by atoms with Gasteiger partial charge in [0.2, 0.25) is 5.91 Å². The van der Waals surface area contributed by atoms with Gasteiger partial charge in [-0.05, 0) is 117 Å². The van der Waals surface area contributed by atoms with E-state index in [1.165, 1.54) is 42.0 Å². The Morgan fingerprint density at radius 2 is 1.73 bits per heavy atom. The minimum atomic E-state index is -4.78. The first-order chi connectivity index (χ1) is 21.5. The molecule has 1 unspecified atom stereocenters. The largest absolute Gasteiger partial charge is 0.573 e. The zero-order valence-corrected chi connectivity index (χ0v) is 25.4. The van der Waals surface area contributed by atoms with Crippen LogP contribution in [0.3, 0.4) is 0 Å². The number of nitrogens with one attached hydrogen (secondary N) is 1. The fraction of sp³-hybridized carbons (Fsp3) is 0.424. The van der Waals surface area contributed by atoms with Crippen molar-refractivity contribution >= 4 is 23.0 Å². The number of hydrogen-bond donors (Lipinski definition) is 1. The van der Waals surface area contributed by atoms with Gasteiger partial charge in [0.05, 0.1) is 16.7 Å². The molecule has 0 saturated carbocycles. The smallest absolute Gasteiger partial charge is 0.406 e. The van der Waals surface area contributed by atoms with Crippen molar-refractivity contribution in [2.75, 3.05) is 25.0 Å². The molecule has 1 aliphatic heterocycles. The average Bonchev–Trinajstić information content (AvgIpc) is 3.01. The Hall–Kier alpha value is -4.32. The van der Waals surface area contributed by atoms with E-state index in [1.54, 1.807) is 12.1 Å². The monoisotopic (exact) mass is 625 g/mol. The summed E-state index contributed by atoms with van der Waals surface area (Å²) in [5.74, 6) is 0.0268. The SMILES string of the molecule is CC(C)C(=O)Nc1cccc(C2CCN(CCCCC(N=Nc3ccc(OC(F)(F)F)cc3)c3ccc([N+](=O)[O-])cc3)CC2)c1. The van der Waals surface area contributed by atoms with E-state index in [9.17, 15) is 28.1 Å². The van der Waals surface area contributed by atoms with Gasteiger partial charge in [-0.25, -0.2) is 0 Å². The normalized spacial score (nSPS) is 15.3. The second kappa shape index (κ2) is 15.6. The van der Waals surface area contributed by atoms with Crippen LogP contribution in [-0.2, 0) is 4.79 Å². The summed E-state index contributed by atoms with van der Waals surface area (Å²) < 4.78 is 41.3. The summed E-state index contributed by atoms with van der Waals surface area (Å²) in [6.07, 6.45) is -0.274. The number of anilines is 1. The van der Waals surface area contributed by atoms with Crippen LogP contribution < -0.4 is 10.1 Å². The molecule has 1 atom stereocenters. The number of halogens is 3. The number of nitro benzene ring substituents is 1. The van der Waals surface area contributed by atoms with Gasteiger partial charge in [-0.1, -0.05) is 26.0 Å². The minimum Gasteiger partial charge on any atom is -0.406 e. The third-order valence-electron chi connectivity index (χ3n) is 7.81. The number of nitro groups is 1. The molecule has 240 valence electrons. The molecule has 0 spiro atoms. The summed E-state index contributed by atoms with van der Waals surface area (Å²) in [6.45, 7) is 6.64. The van der Waals surface area contributed by atoms with Gasteiger partial charge in [-0.15, -0.1) is 13.2 Å². The molecule has 1 N–H and O–H groups in total. The number of alkyl halides is 3. The third-order valence-corrected chi connectivity index (χ3v) is 7.81. The van der Waals surface area contributed by atoms with Crippen molar-refractivity contribution in [3.63, 3.8) is 0 Å². The second-order valence-electron chi connectivity index (χ2n) is 11.5. The lowest BCUT2D eigenvalue weighted by Gasteiger charge is -2.32. The first-order valence-corrected chi connectivity index (χ1v) is 15.1. The van der Waals surface area contributed by atoms with Crippen molar-refractivity contribution < 1.29 is 27.6 Å². The van der Waals surface area contributed by atoms with Gasteiger partial charge < -0.3 is 15.0 Å². The molecule has 0 radical (unpaired) electrons. The highest BCUT2D eigenvalue weighted by molar-refractivity contribution is 5.92. The lowest BCUT2D eigenvalue weighted by molar-refractivity contribution is -0.384. The van der Waals surface area contributed by atoms with Gasteiger partial charge in [0.15, 0.2) is 0 Å². The van der Waals surface area contributed by atoms with E-state index in [2.05, 4.69) is 37.3 Å². The number of nitrogens with zero attached hydrogens (tertiary/aromatic N) is 4. The molecule has 1 aliphatic rings. The predicted octanol–water partition coefficient (Wildman–Crippen LogP) is 8.96. The Morgan fingerprint density at radius 1 is 1.04 bits per heavy atom. The third kappa shape index (κ3) is 10.7. The van der Waals surface area contributed by atoms with E-state index in [4.69, 9.17) is 0 Å². The van der Waals surface area contributed by atoms with Crippen LogP contribution in [0.25, 0.3) is 0 Å². The number of likely N-dealkylation sites (tertiary alicyclic amines) is 1. The lowest BCUT2D eigenvalue weighted by atomic mass is 9.89. The van der Waals surface area contributed by atoms with Crippen LogP contribution in [0.1, 0.15) is 69.0 Å². The molecule has 1 heterocycles. The number of rotatable bonds is 13. The molecular weight excluding hydrogens is 587 g/mol. The summed E-state index contributed by atoms with van der Waals surface area (Å²) in [5.41, 5.74) is 3.20. The van der Waals surface area contributed by atoms with Crippen molar-refractivity contribution in [3.05, 3.63) is 94.0 Å². The van der Waals surface area contributed by atoms with E-state index < -0.39 is 11.3 Å². The van der Waals surface area contributed by atoms with Crippen LogP contribution in [0.2, 0.25) is 0 Å². The molecule has 9 nitrogen and oxygen atoms in total. The van der Waals surface area contributed by atoms with Crippen LogP contribution in [0.5, 0.6) is 5.75 Å². The molecule has 0 aromatic heterocycles. The second-order valence-corrected chi connectivity index (χ2v) is 11.5. The molecule has 1 amide bonds. The molecule has 3 aromatic rings. The van der Waals surface area contributed by atoms with Gasteiger partial charge in [-0.3, -0.25) is 14.9 Å². The van der Waals surface area contributed by atoms with E-state index in [1.807, 2.05) is 26.0 Å². The fourth-order valence-corrected chi connectivity index (χ4v) is 5.28. The van der Waals surface area contributed by atoms with Crippen LogP contribution in [0.4, 0.5) is 30.2 Å². The molecule has 12 heteroatoms. The maximum Gasteiger partial charge on any atom is 0.573 e. The Bertz CT molecular complexity index is 1440. The molecule has 1 saturated heterocycles. The van der Waals surface area contributed by atoms with E-state index in [0.717, 1.165) is 56.6 Å². The zero-order valence-electron chi connectivity index (χ0n) is 25.4. The van der Waals surface area contributed by atoms with E-state index in [-0.39, 0.29) is 29.3 Å². The van der Waals surface area contributed by atoms with Gasteiger partial charge in [0.25, 0.3) is 5.69 Å². The van der Waals surface area contributed by atoms with Gasteiger partial charge in [0.1, 0.15) is 5.75 Å². The standard InChI is InChI=1S/C33H38F3N5O4/c1-23(2)32(42)37-28-7-5-6-26(22-28)24-17-20-40(21-18-24)19-4-3-8-31(25-9-13-29(14-10-25)41(43)44)39-38-27-11-15-30(16-12-27)45-33(34,35)36/h5-7,9-16,22-24,31H,3-4,8,17-21H2,1-2H3,(H,37,42). The van der Waals surface area contributed by atoms with Gasteiger partial charge >= 0.3 is 6.36 Å². The summed E-state index contributed by atoms with van der Waals surface area (Å²) >= 11 is 0. The van der Waals surface area contributed by atoms with E-state index in [0.29, 0.717) is 18.0 Å². The summed E-state index contributed by atoms with van der Waals surface area (Å²) in [5, 5.41) is 22.8. The number of non-ortho nitro benzene ring substituents is 1. The minimum absolute atomic E-state index is 0.00729. The average molecular weight is 626 g/mol. The summed E-state index contributed by atoms with van der Waals surface area (Å²) in [4.78, 5) is 25.2. The van der Waals surface area contributed by atoms with Crippen molar-refractivity contribution in [1.82, 2.24) is 4.90 Å². The highest BCUT2D eigenvalue weighted by atomic mass is 19.4. The number of azo groups is 1. The van der Waals surface area contributed by atoms with Crippen LogP contribution in [-0.4, -0.2) is 41.7 Å². The van der Waals surface area contributed by atoms with Gasteiger partial charge in [0, 0.05) is 23.7 Å². The lowest BCUT2D eigenvalue weighted by Crippen LogP contribution is -2.33. The maximum absolute atomic E-state index is 12.5. The number of carbonyl (C=O) groups is 1. The fourth-order valence-electron chi connectivity index (χ4n) is 5.28. The summed E-state index contributed by atoms with van der Waals surface area (Å²) in [7, 11) is 0. The van der Waals surface area contributed by atoms with Gasteiger partial charge in [-0.2, -0.15) is 10.2 Å². The van der Waals surface area contributed by atoms with Crippen molar-refractivity contribution in [2.24, 2.45) is 16.1 Å². The first-order valence-electron chi connectivity index (χ1n) is 15.1. The number of hydrogen-bond acceptors (Lipinski definition) is 7. The van der Waals surface area contributed by atoms with E-state index >= 15 is 0 Å². The topological polar surface area (TPSA) is 109 Å². The molecule has 1 fully saturated rings. The summed E-state index contributed by atoms with van der Waals surface area (Å²) in [6, 6.07) is 19.1. The number of ether oxygens (including phenoxy) is 1. The Labute approximate surface area is 260 Å². The quantitative estimate of drug-likeness (QED) is 0.0883.